The summed E-state index contributed by atoms with van der Waals surface area (Å²) in [6.07, 6.45) is 2.09. The van der Waals surface area contributed by atoms with E-state index in [1.165, 1.54) is 6.21 Å². The maximum Gasteiger partial charge on any atom is 0.329 e. The first-order valence-corrected chi connectivity index (χ1v) is 11.6. The Morgan fingerprint density at radius 1 is 1.06 bits per heavy atom. The lowest BCUT2D eigenvalue weighted by Crippen LogP contribution is -2.41. The molecule has 0 aliphatic heterocycles. The summed E-state index contributed by atoms with van der Waals surface area (Å²) < 4.78 is 12.2. The Bertz CT molecular complexity index is 1060. The van der Waals surface area contributed by atoms with Crippen LogP contribution in [0.5, 0.6) is 11.5 Å². The fraction of sp³-hybridized carbons (Fsp3) is 0.333. The van der Waals surface area contributed by atoms with Crippen molar-refractivity contribution in [2.24, 2.45) is 5.10 Å². The highest BCUT2D eigenvalue weighted by Crippen LogP contribution is 2.28. The summed E-state index contributed by atoms with van der Waals surface area (Å²) >= 11 is 3.43. The van der Waals surface area contributed by atoms with Crippen molar-refractivity contribution >= 4 is 45.6 Å². The zero-order chi connectivity index (χ0) is 25.1. The first-order chi connectivity index (χ1) is 16.2. The summed E-state index contributed by atoms with van der Waals surface area (Å²) in [5.41, 5.74) is 4.47. The number of anilines is 1. The number of hydrogen-bond acceptors (Lipinski definition) is 6. The van der Waals surface area contributed by atoms with E-state index >= 15 is 0 Å². The molecule has 3 amide bonds. The van der Waals surface area contributed by atoms with Crippen molar-refractivity contribution in [3.05, 3.63) is 52.0 Å². The number of hydrogen-bond donors (Lipinski definition) is 3. The maximum absolute atomic E-state index is 12.3. The van der Waals surface area contributed by atoms with E-state index in [-0.39, 0.29) is 18.6 Å². The van der Waals surface area contributed by atoms with Gasteiger partial charge in [-0.25, -0.2) is 5.43 Å². The average Bonchev–Trinajstić information content (AvgIpc) is 2.80. The van der Waals surface area contributed by atoms with Crippen LogP contribution in [0.4, 0.5) is 5.69 Å². The second-order valence-electron chi connectivity index (χ2n) is 7.42. The Kier molecular flexibility index (Phi) is 10.5. The number of ether oxygens (including phenoxy) is 2. The number of hydrazone groups is 1. The van der Waals surface area contributed by atoms with Crippen molar-refractivity contribution in [1.82, 2.24) is 10.7 Å². The molecule has 1 atom stereocenters. The highest BCUT2D eigenvalue weighted by Gasteiger charge is 2.14. The zero-order valence-corrected chi connectivity index (χ0v) is 21.2. The normalized spacial score (nSPS) is 11.6. The fourth-order valence-electron chi connectivity index (χ4n) is 2.66. The molecule has 0 aliphatic carbocycles. The van der Waals surface area contributed by atoms with Gasteiger partial charge in [-0.3, -0.25) is 14.4 Å². The molecule has 10 heteroatoms. The van der Waals surface area contributed by atoms with Gasteiger partial charge in [0.1, 0.15) is 0 Å². The topological polar surface area (TPSA) is 118 Å². The van der Waals surface area contributed by atoms with E-state index in [2.05, 4.69) is 37.1 Å². The lowest BCUT2D eigenvalue weighted by molar-refractivity contribution is -0.139. The van der Waals surface area contributed by atoms with E-state index in [1.54, 1.807) is 31.2 Å². The molecule has 3 N–H and O–H groups in total. The quantitative estimate of drug-likeness (QED) is 0.245. The lowest BCUT2D eigenvalue weighted by atomic mass is 10.2. The zero-order valence-electron chi connectivity index (χ0n) is 19.6. The van der Waals surface area contributed by atoms with E-state index < -0.39 is 11.8 Å². The van der Waals surface area contributed by atoms with Gasteiger partial charge in [0.15, 0.2) is 18.1 Å². The van der Waals surface area contributed by atoms with E-state index in [0.29, 0.717) is 35.8 Å². The Balaban J connectivity index is 1.96. The summed E-state index contributed by atoms with van der Waals surface area (Å²) in [5.74, 6) is -1.11. The molecule has 0 saturated heterocycles. The van der Waals surface area contributed by atoms with Crippen LogP contribution in [0.3, 0.4) is 0 Å². The third kappa shape index (κ3) is 8.51. The van der Waals surface area contributed by atoms with Crippen LogP contribution in [-0.2, 0) is 14.4 Å². The summed E-state index contributed by atoms with van der Waals surface area (Å²) in [7, 11) is 0. The third-order valence-electron chi connectivity index (χ3n) is 4.64. The molecule has 0 bridgehead atoms. The van der Waals surface area contributed by atoms with Gasteiger partial charge in [-0.15, -0.1) is 0 Å². The number of nitrogens with zero attached hydrogens (tertiary/aromatic N) is 1. The second kappa shape index (κ2) is 13.3. The number of carbonyl (C=O) groups is 3. The molecule has 0 radical (unpaired) electrons. The van der Waals surface area contributed by atoms with Gasteiger partial charge in [-0.1, -0.05) is 22.9 Å². The summed E-state index contributed by atoms with van der Waals surface area (Å²) in [4.78, 5) is 35.8. The molecule has 34 heavy (non-hydrogen) atoms. The molecule has 0 saturated carbocycles. The minimum Gasteiger partial charge on any atom is -0.490 e. The molecular formula is C24H29BrN4O5. The third-order valence-corrected chi connectivity index (χ3v) is 5.53. The molecule has 2 aromatic rings. The second-order valence-corrected chi connectivity index (χ2v) is 8.28. The predicted molar refractivity (Wildman–Crippen MR) is 134 cm³/mol. The lowest BCUT2D eigenvalue weighted by Gasteiger charge is -2.13. The minimum absolute atomic E-state index is 0.107. The maximum atomic E-state index is 12.3. The summed E-state index contributed by atoms with van der Waals surface area (Å²) in [6.45, 7) is 7.64. The Hall–Kier alpha value is -3.40. The van der Waals surface area contributed by atoms with Gasteiger partial charge in [0, 0.05) is 16.2 Å². The first-order valence-electron chi connectivity index (χ1n) is 10.8. The number of aryl methyl sites for hydroxylation is 1. The van der Waals surface area contributed by atoms with Crippen LogP contribution in [0.15, 0.2) is 46.0 Å². The van der Waals surface area contributed by atoms with Gasteiger partial charge in [0.25, 0.3) is 5.91 Å². The Morgan fingerprint density at radius 3 is 2.50 bits per heavy atom. The molecule has 2 aromatic carbocycles. The van der Waals surface area contributed by atoms with Crippen molar-refractivity contribution in [3.63, 3.8) is 0 Å². The molecule has 0 aromatic heterocycles. The van der Waals surface area contributed by atoms with Crippen LogP contribution in [0.25, 0.3) is 0 Å². The Labute approximate surface area is 207 Å². The molecule has 0 fully saturated rings. The van der Waals surface area contributed by atoms with E-state index in [1.807, 2.05) is 32.9 Å². The van der Waals surface area contributed by atoms with Crippen LogP contribution in [0, 0.1) is 6.92 Å². The van der Waals surface area contributed by atoms with Gasteiger partial charge in [0.05, 0.1) is 12.8 Å². The van der Waals surface area contributed by atoms with Gasteiger partial charge >= 0.3 is 11.8 Å². The van der Waals surface area contributed by atoms with E-state index in [9.17, 15) is 14.4 Å². The monoisotopic (exact) mass is 532 g/mol. The van der Waals surface area contributed by atoms with Crippen molar-refractivity contribution in [2.45, 2.75) is 40.2 Å². The summed E-state index contributed by atoms with van der Waals surface area (Å²) in [6, 6.07) is 10.4. The highest BCUT2D eigenvalue weighted by atomic mass is 79.9. The average molecular weight is 533 g/mol. The van der Waals surface area contributed by atoms with Crippen LogP contribution in [0.1, 0.15) is 38.3 Å². The van der Waals surface area contributed by atoms with E-state index in [4.69, 9.17) is 9.47 Å². The van der Waals surface area contributed by atoms with Crippen molar-refractivity contribution in [3.8, 4) is 11.5 Å². The summed E-state index contributed by atoms with van der Waals surface area (Å²) in [5, 5.41) is 9.16. The number of rotatable bonds is 10. The molecule has 0 aliphatic rings. The van der Waals surface area contributed by atoms with Gasteiger partial charge in [-0.05, 0) is 74.7 Å². The predicted octanol–water partition coefficient (Wildman–Crippen LogP) is 3.54. The van der Waals surface area contributed by atoms with Gasteiger partial charge in [-0.2, -0.15) is 5.10 Å². The molecule has 0 heterocycles. The smallest absolute Gasteiger partial charge is 0.329 e. The van der Waals surface area contributed by atoms with Crippen LogP contribution < -0.4 is 25.5 Å². The Morgan fingerprint density at radius 2 is 1.82 bits per heavy atom. The van der Waals surface area contributed by atoms with Crippen LogP contribution in [0.2, 0.25) is 0 Å². The molecule has 2 rings (SSSR count). The number of benzene rings is 2. The number of carbonyl (C=O) groups excluding carboxylic acids is 3. The largest absolute Gasteiger partial charge is 0.490 e. The first kappa shape index (κ1) is 26.8. The molecule has 182 valence electrons. The van der Waals surface area contributed by atoms with Crippen LogP contribution >= 0.6 is 15.9 Å². The molecule has 0 unspecified atom stereocenters. The number of nitrogens with one attached hydrogen (secondary N) is 3. The van der Waals surface area contributed by atoms with Gasteiger partial charge < -0.3 is 20.1 Å². The van der Waals surface area contributed by atoms with Gasteiger partial charge in [0.2, 0.25) is 0 Å². The fourth-order valence-corrected chi connectivity index (χ4v) is 2.91. The molecular weight excluding hydrogens is 504 g/mol. The minimum atomic E-state index is -0.853. The van der Waals surface area contributed by atoms with Crippen molar-refractivity contribution in [2.75, 3.05) is 18.5 Å². The molecule has 0 spiro atoms. The molecule has 9 nitrogen and oxygen atoms in total. The van der Waals surface area contributed by atoms with Crippen LogP contribution in [-0.4, -0.2) is 43.2 Å². The number of halogens is 1. The van der Waals surface area contributed by atoms with Crippen molar-refractivity contribution < 1.29 is 23.9 Å². The van der Waals surface area contributed by atoms with Crippen molar-refractivity contribution in [1.29, 1.82) is 0 Å². The standard InChI is InChI=1S/C24H29BrN4O5/c1-5-16(4)27-23(31)24(32)29-26-13-17-7-10-20(21(12-17)33-6-2)34-14-22(30)28-18-8-9-19(25)15(3)11-18/h7-13,16H,5-6,14H2,1-4H3,(H,27,31)(H,28,30)(H,29,32)/b26-13-/t16-/m0/s1. The SMILES string of the molecule is CCOc1cc(/C=N\NC(=O)C(=O)N[C@@H](C)CC)ccc1OCC(=O)Nc1ccc(Br)c(C)c1. The number of amides is 3. The highest BCUT2D eigenvalue weighted by molar-refractivity contribution is 9.10. The van der Waals surface area contributed by atoms with E-state index in [0.717, 1.165) is 10.0 Å².